The number of nitrogens with one attached hydrogen (secondary N) is 2. The molecule has 0 unspecified atom stereocenters. The van der Waals surface area contributed by atoms with E-state index in [9.17, 15) is 9.59 Å². The van der Waals surface area contributed by atoms with Crippen LogP contribution in [0, 0.1) is 0 Å². The normalized spacial score (nSPS) is 10.9. The third-order valence-corrected chi connectivity index (χ3v) is 8.29. The third kappa shape index (κ3) is 18.6. The third-order valence-electron chi connectivity index (χ3n) is 8.29. The smallest absolute Gasteiger partial charge is 0.410 e. The molecule has 0 atom stereocenters. The standard InChI is InChI=1S/C38H61N3O3/c1-3-4-5-6-7-8-9-10-11-12-13-14-15-16-17-23-31-40-38(43)44-36-28-22-21-25-34(36)29-30-37(42)39-32-24-33-41(2)35-26-19-18-20-27-35/h18-22,25-28H,3-17,23-24,29-33H2,1-2H3,(H,39,42)(H,40,43). The van der Waals surface area contributed by atoms with Gasteiger partial charge in [0.2, 0.25) is 5.91 Å². The van der Waals surface area contributed by atoms with Gasteiger partial charge in [-0.05, 0) is 43.0 Å². The molecular weight excluding hydrogens is 546 g/mol. The fourth-order valence-electron chi connectivity index (χ4n) is 5.50. The minimum atomic E-state index is -0.426. The zero-order valence-corrected chi connectivity index (χ0v) is 27.9. The molecule has 0 fully saturated rings. The number of hydrogen-bond acceptors (Lipinski definition) is 4. The van der Waals surface area contributed by atoms with Crippen molar-refractivity contribution in [2.24, 2.45) is 0 Å². The number of para-hydroxylation sites is 2. The molecule has 0 aliphatic carbocycles. The molecule has 0 heterocycles. The Morgan fingerprint density at radius 1 is 0.636 bits per heavy atom. The van der Waals surface area contributed by atoms with Gasteiger partial charge in [0.05, 0.1) is 0 Å². The second kappa shape index (κ2) is 25.3. The van der Waals surface area contributed by atoms with Crippen molar-refractivity contribution in [3.63, 3.8) is 0 Å². The van der Waals surface area contributed by atoms with Crippen LogP contribution in [0.4, 0.5) is 10.5 Å². The van der Waals surface area contributed by atoms with Gasteiger partial charge in [0.15, 0.2) is 0 Å². The number of unbranched alkanes of at least 4 members (excludes halogenated alkanes) is 15. The maximum atomic E-state index is 12.4. The fraction of sp³-hybridized carbons (Fsp3) is 0.632. The first-order valence-electron chi connectivity index (χ1n) is 17.7. The molecule has 0 aliphatic rings. The number of amides is 2. The van der Waals surface area contributed by atoms with E-state index in [1.807, 2.05) is 36.4 Å². The van der Waals surface area contributed by atoms with E-state index in [0.29, 0.717) is 31.7 Å². The van der Waals surface area contributed by atoms with Crippen LogP contribution in [0.3, 0.4) is 0 Å². The highest BCUT2D eigenvalue weighted by Gasteiger charge is 2.10. The van der Waals surface area contributed by atoms with E-state index in [2.05, 4.69) is 41.6 Å². The van der Waals surface area contributed by atoms with Crippen molar-refractivity contribution >= 4 is 17.7 Å². The van der Waals surface area contributed by atoms with Gasteiger partial charge >= 0.3 is 6.09 Å². The lowest BCUT2D eigenvalue weighted by atomic mass is 10.0. The lowest BCUT2D eigenvalue weighted by Gasteiger charge is -2.19. The highest BCUT2D eigenvalue weighted by atomic mass is 16.6. The summed E-state index contributed by atoms with van der Waals surface area (Å²) in [5.74, 6) is 0.532. The molecule has 6 heteroatoms. The first kappa shape index (κ1) is 37.2. The van der Waals surface area contributed by atoms with Gasteiger partial charge in [-0.3, -0.25) is 4.79 Å². The minimum absolute atomic E-state index is 0.00937. The molecule has 0 aliphatic heterocycles. The molecular formula is C38H61N3O3. The number of ether oxygens (including phenoxy) is 1. The number of carbonyl (C=O) groups excluding carboxylic acids is 2. The van der Waals surface area contributed by atoms with Gasteiger partial charge in [-0.15, -0.1) is 0 Å². The molecule has 2 rings (SSSR count). The van der Waals surface area contributed by atoms with Crippen molar-refractivity contribution in [2.45, 2.75) is 129 Å². The van der Waals surface area contributed by atoms with Gasteiger partial charge in [-0.2, -0.15) is 0 Å². The van der Waals surface area contributed by atoms with Gasteiger partial charge in [-0.25, -0.2) is 4.79 Å². The van der Waals surface area contributed by atoms with E-state index in [1.165, 1.54) is 95.6 Å². The summed E-state index contributed by atoms with van der Waals surface area (Å²) in [4.78, 5) is 27.0. The number of carbonyl (C=O) groups is 2. The lowest BCUT2D eigenvalue weighted by molar-refractivity contribution is -0.121. The maximum absolute atomic E-state index is 12.4. The van der Waals surface area contributed by atoms with Crippen molar-refractivity contribution < 1.29 is 14.3 Å². The Hall–Kier alpha value is -3.02. The number of aryl methyl sites for hydroxylation is 1. The minimum Gasteiger partial charge on any atom is -0.410 e. The summed E-state index contributed by atoms with van der Waals surface area (Å²) >= 11 is 0. The van der Waals surface area contributed by atoms with Crippen LogP contribution in [0.2, 0.25) is 0 Å². The summed E-state index contributed by atoms with van der Waals surface area (Å²) in [7, 11) is 2.06. The number of nitrogens with zero attached hydrogens (tertiary/aromatic N) is 1. The molecule has 0 bridgehead atoms. The molecule has 2 amide bonds. The average molecular weight is 608 g/mol. The van der Waals surface area contributed by atoms with Gasteiger partial charge < -0.3 is 20.3 Å². The summed E-state index contributed by atoms with van der Waals surface area (Å²) in [5.41, 5.74) is 2.04. The highest BCUT2D eigenvalue weighted by molar-refractivity contribution is 5.76. The molecule has 44 heavy (non-hydrogen) atoms. The van der Waals surface area contributed by atoms with E-state index in [4.69, 9.17) is 4.74 Å². The van der Waals surface area contributed by atoms with Crippen LogP contribution in [0.25, 0.3) is 0 Å². The van der Waals surface area contributed by atoms with Crippen molar-refractivity contribution in [1.29, 1.82) is 0 Å². The Labute approximate surface area is 268 Å². The van der Waals surface area contributed by atoms with Crippen LogP contribution in [-0.2, 0) is 11.2 Å². The Morgan fingerprint density at radius 2 is 1.16 bits per heavy atom. The zero-order valence-electron chi connectivity index (χ0n) is 27.9. The number of rotatable bonds is 26. The van der Waals surface area contributed by atoms with Gasteiger partial charge in [-0.1, -0.05) is 140 Å². The molecule has 2 aromatic rings. The molecule has 6 nitrogen and oxygen atoms in total. The highest BCUT2D eigenvalue weighted by Crippen LogP contribution is 2.20. The Bertz CT molecular complexity index is 998. The first-order chi connectivity index (χ1) is 21.6. The fourth-order valence-corrected chi connectivity index (χ4v) is 5.50. The van der Waals surface area contributed by atoms with E-state index in [1.54, 1.807) is 6.07 Å². The Balaban J connectivity index is 1.46. The summed E-state index contributed by atoms with van der Waals surface area (Å²) in [5, 5.41) is 5.89. The molecule has 0 saturated carbocycles. The quantitative estimate of drug-likeness (QED) is 0.104. The molecule has 246 valence electrons. The van der Waals surface area contributed by atoms with Crippen molar-refractivity contribution in [3.05, 3.63) is 60.2 Å². The summed E-state index contributed by atoms with van der Waals surface area (Å²) in [6.45, 7) is 4.41. The Kier molecular flexibility index (Phi) is 21.4. The number of benzene rings is 2. The average Bonchev–Trinajstić information content (AvgIpc) is 3.04. The first-order valence-corrected chi connectivity index (χ1v) is 17.7. The summed E-state index contributed by atoms with van der Waals surface area (Å²) in [6, 6.07) is 17.7. The van der Waals surface area contributed by atoms with Crippen LogP contribution >= 0.6 is 0 Å². The SMILES string of the molecule is CCCCCCCCCCCCCCCCCCNC(=O)Oc1ccccc1CCC(=O)NCCCN(C)c1ccccc1. The largest absolute Gasteiger partial charge is 0.412 e. The van der Waals surface area contributed by atoms with Gasteiger partial charge in [0.25, 0.3) is 0 Å². The summed E-state index contributed by atoms with van der Waals surface area (Å²) in [6.07, 6.45) is 22.6. The number of hydrogen-bond donors (Lipinski definition) is 2. The van der Waals surface area contributed by atoms with E-state index in [-0.39, 0.29) is 5.91 Å². The molecule has 0 radical (unpaired) electrons. The Morgan fingerprint density at radius 3 is 1.77 bits per heavy atom. The molecule has 2 aromatic carbocycles. The van der Waals surface area contributed by atoms with E-state index in [0.717, 1.165) is 31.4 Å². The van der Waals surface area contributed by atoms with Gasteiger partial charge in [0, 0.05) is 38.8 Å². The molecule has 2 N–H and O–H groups in total. The second-order valence-electron chi connectivity index (χ2n) is 12.2. The van der Waals surface area contributed by atoms with Crippen LogP contribution in [0.5, 0.6) is 5.75 Å². The van der Waals surface area contributed by atoms with Crippen LogP contribution in [0.1, 0.15) is 128 Å². The monoisotopic (exact) mass is 607 g/mol. The molecule has 0 spiro atoms. The summed E-state index contributed by atoms with van der Waals surface area (Å²) < 4.78 is 5.59. The van der Waals surface area contributed by atoms with Crippen LogP contribution in [-0.4, -0.2) is 38.7 Å². The second-order valence-corrected chi connectivity index (χ2v) is 12.2. The predicted octanol–water partition coefficient (Wildman–Crippen LogP) is 9.61. The van der Waals surface area contributed by atoms with Gasteiger partial charge in [0.1, 0.15) is 5.75 Å². The number of anilines is 1. The topological polar surface area (TPSA) is 70.7 Å². The van der Waals surface area contributed by atoms with Crippen molar-refractivity contribution in [1.82, 2.24) is 10.6 Å². The predicted molar refractivity (Wildman–Crippen MR) is 186 cm³/mol. The zero-order chi connectivity index (χ0) is 31.5. The van der Waals surface area contributed by atoms with Crippen LogP contribution in [0.15, 0.2) is 54.6 Å². The lowest BCUT2D eigenvalue weighted by Crippen LogP contribution is -2.29. The van der Waals surface area contributed by atoms with Crippen LogP contribution < -0.4 is 20.3 Å². The molecule has 0 aromatic heterocycles. The maximum Gasteiger partial charge on any atom is 0.412 e. The van der Waals surface area contributed by atoms with E-state index >= 15 is 0 Å². The van der Waals surface area contributed by atoms with E-state index < -0.39 is 6.09 Å². The molecule has 0 saturated heterocycles. The van der Waals surface area contributed by atoms with Crippen molar-refractivity contribution in [3.8, 4) is 5.75 Å². The van der Waals surface area contributed by atoms with Crippen molar-refractivity contribution in [2.75, 3.05) is 31.6 Å².